The summed E-state index contributed by atoms with van der Waals surface area (Å²) in [7, 11) is -1.01. The molecule has 0 saturated carbocycles. The molecular weight excluding hydrogens is 298 g/mol. The molecule has 0 aliphatic heterocycles. The molecule has 5 nitrogen and oxygen atoms in total. The number of hydrogen-bond acceptors (Lipinski definition) is 3. The number of aryl methyl sites for hydroxylation is 2. The summed E-state index contributed by atoms with van der Waals surface area (Å²) in [5.74, 6) is 0.191. The third-order valence-corrected chi connectivity index (χ3v) is 4.15. The second kappa shape index (κ2) is 7.35. The molecule has 22 heavy (non-hydrogen) atoms. The first-order chi connectivity index (χ1) is 10.5. The van der Waals surface area contributed by atoms with E-state index in [-0.39, 0.29) is 11.9 Å². The zero-order valence-electron chi connectivity index (χ0n) is 13.1. The molecule has 1 heterocycles. The lowest BCUT2D eigenvalue weighted by Crippen LogP contribution is -2.33. The Labute approximate surface area is 133 Å². The maximum atomic E-state index is 12.5. The predicted molar refractivity (Wildman–Crippen MR) is 88.2 cm³/mol. The number of nitrogens with zero attached hydrogens (tertiary/aromatic N) is 2. The van der Waals surface area contributed by atoms with Crippen LogP contribution in [-0.2, 0) is 17.3 Å². The smallest absolute Gasteiger partial charge is 0.270 e. The van der Waals surface area contributed by atoms with Gasteiger partial charge in [0, 0.05) is 29.4 Å². The monoisotopic (exact) mass is 319 g/mol. The van der Waals surface area contributed by atoms with Crippen LogP contribution in [0, 0.1) is 6.92 Å². The van der Waals surface area contributed by atoms with E-state index in [0.717, 1.165) is 11.3 Å². The summed E-state index contributed by atoms with van der Waals surface area (Å²) in [5.41, 5.74) is 2.29. The average molecular weight is 319 g/mol. The van der Waals surface area contributed by atoms with Gasteiger partial charge in [0.1, 0.15) is 5.69 Å². The van der Waals surface area contributed by atoms with E-state index in [1.165, 1.54) is 0 Å². The van der Waals surface area contributed by atoms with E-state index in [9.17, 15) is 9.00 Å². The number of amides is 1. The first-order valence-corrected chi connectivity index (χ1v) is 8.94. The standard InChI is InChI=1S/C16H21N3O2S/c1-4-19-15(10-12(2)18-19)16(20)17-14(11-22(3)21)13-8-6-5-7-9-13/h5-10,14H,4,11H2,1-3H3,(H,17,20)/t14-,22-/m0/s1. The van der Waals surface area contributed by atoms with Gasteiger partial charge in [-0.05, 0) is 25.5 Å². The Bertz CT molecular complexity index is 667. The number of carbonyl (C=O) groups is 1. The van der Waals surface area contributed by atoms with E-state index in [1.807, 2.05) is 44.2 Å². The number of nitrogens with one attached hydrogen (secondary N) is 1. The van der Waals surface area contributed by atoms with Crippen molar-refractivity contribution >= 4 is 16.7 Å². The van der Waals surface area contributed by atoms with Crippen LogP contribution in [0.15, 0.2) is 36.4 Å². The topological polar surface area (TPSA) is 64.0 Å². The third kappa shape index (κ3) is 4.04. The van der Waals surface area contributed by atoms with Crippen LogP contribution in [-0.4, -0.2) is 31.9 Å². The first kappa shape index (κ1) is 16.4. The molecule has 1 aromatic heterocycles. The molecular formula is C16H21N3O2S. The minimum absolute atomic E-state index is 0.193. The summed E-state index contributed by atoms with van der Waals surface area (Å²) >= 11 is 0. The Morgan fingerprint density at radius 1 is 1.36 bits per heavy atom. The van der Waals surface area contributed by atoms with Gasteiger partial charge in [0.05, 0.1) is 11.7 Å². The van der Waals surface area contributed by atoms with E-state index in [2.05, 4.69) is 10.4 Å². The number of rotatable bonds is 6. The Balaban J connectivity index is 2.23. The van der Waals surface area contributed by atoms with Crippen molar-refractivity contribution in [3.05, 3.63) is 53.3 Å². The van der Waals surface area contributed by atoms with E-state index in [1.54, 1.807) is 17.0 Å². The largest absolute Gasteiger partial charge is 0.343 e. The van der Waals surface area contributed by atoms with Crippen LogP contribution in [0.4, 0.5) is 0 Å². The molecule has 2 atom stereocenters. The molecule has 0 unspecified atom stereocenters. The predicted octanol–water partition coefficient (Wildman–Crippen LogP) is 2.06. The van der Waals surface area contributed by atoms with E-state index < -0.39 is 10.8 Å². The summed E-state index contributed by atoms with van der Waals surface area (Å²) in [5, 5.41) is 7.26. The van der Waals surface area contributed by atoms with Crippen molar-refractivity contribution in [2.24, 2.45) is 0 Å². The van der Waals surface area contributed by atoms with Crippen molar-refractivity contribution in [2.75, 3.05) is 12.0 Å². The number of aromatic nitrogens is 2. The highest BCUT2D eigenvalue weighted by Gasteiger charge is 2.20. The van der Waals surface area contributed by atoms with Crippen molar-refractivity contribution in [3.8, 4) is 0 Å². The van der Waals surface area contributed by atoms with Gasteiger partial charge in [0.2, 0.25) is 0 Å². The number of carbonyl (C=O) groups excluding carboxylic acids is 1. The third-order valence-electron chi connectivity index (χ3n) is 3.34. The van der Waals surface area contributed by atoms with Gasteiger partial charge in [-0.3, -0.25) is 13.7 Å². The van der Waals surface area contributed by atoms with Crippen LogP contribution in [0.25, 0.3) is 0 Å². The van der Waals surface area contributed by atoms with Crippen LogP contribution >= 0.6 is 0 Å². The SMILES string of the molecule is CCn1nc(C)cc1C(=O)N[C@@H](C[S@](C)=O)c1ccccc1. The minimum atomic E-state index is -1.01. The molecule has 2 rings (SSSR count). The van der Waals surface area contributed by atoms with Crippen molar-refractivity contribution in [2.45, 2.75) is 26.4 Å². The number of benzene rings is 1. The Hall–Kier alpha value is -1.95. The fraction of sp³-hybridized carbons (Fsp3) is 0.375. The van der Waals surface area contributed by atoms with Gasteiger partial charge in [-0.25, -0.2) is 0 Å². The summed E-state index contributed by atoms with van der Waals surface area (Å²) < 4.78 is 13.3. The highest BCUT2D eigenvalue weighted by Crippen LogP contribution is 2.15. The van der Waals surface area contributed by atoms with E-state index >= 15 is 0 Å². The van der Waals surface area contributed by atoms with E-state index in [4.69, 9.17) is 0 Å². The minimum Gasteiger partial charge on any atom is -0.343 e. The number of hydrogen-bond donors (Lipinski definition) is 1. The summed E-state index contributed by atoms with van der Waals surface area (Å²) in [6.45, 7) is 4.43. The first-order valence-electron chi connectivity index (χ1n) is 7.21. The molecule has 1 N–H and O–H groups in total. The van der Waals surface area contributed by atoms with Gasteiger partial charge in [0.25, 0.3) is 5.91 Å². The van der Waals surface area contributed by atoms with Crippen molar-refractivity contribution < 1.29 is 9.00 Å². The lowest BCUT2D eigenvalue weighted by Gasteiger charge is -2.18. The lowest BCUT2D eigenvalue weighted by molar-refractivity contribution is 0.0929. The normalized spacial score (nSPS) is 13.6. The molecule has 0 saturated heterocycles. The molecule has 0 radical (unpaired) electrons. The molecule has 6 heteroatoms. The van der Waals surface area contributed by atoms with Gasteiger partial charge >= 0.3 is 0 Å². The Morgan fingerprint density at radius 2 is 2.05 bits per heavy atom. The maximum absolute atomic E-state index is 12.5. The quantitative estimate of drug-likeness (QED) is 0.886. The second-order valence-corrected chi connectivity index (χ2v) is 6.64. The molecule has 0 spiro atoms. The highest BCUT2D eigenvalue weighted by atomic mass is 32.2. The highest BCUT2D eigenvalue weighted by molar-refractivity contribution is 7.84. The van der Waals surface area contributed by atoms with Gasteiger partial charge in [-0.2, -0.15) is 5.10 Å². The van der Waals surface area contributed by atoms with Crippen molar-refractivity contribution in [3.63, 3.8) is 0 Å². The molecule has 0 fully saturated rings. The Morgan fingerprint density at radius 3 is 2.64 bits per heavy atom. The van der Waals surface area contributed by atoms with Crippen molar-refractivity contribution in [1.29, 1.82) is 0 Å². The average Bonchev–Trinajstić information content (AvgIpc) is 2.88. The van der Waals surface area contributed by atoms with Crippen LogP contribution in [0.3, 0.4) is 0 Å². The zero-order chi connectivity index (χ0) is 16.1. The zero-order valence-corrected chi connectivity index (χ0v) is 13.9. The van der Waals surface area contributed by atoms with Gasteiger partial charge in [0.15, 0.2) is 0 Å². The Kier molecular flexibility index (Phi) is 5.49. The fourth-order valence-corrected chi connectivity index (χ4v) is 3.09. The summed E-state index contributed by atoms with van der Waals surface area (Å²) in [6, 6.07) is 11.1. The van der Waals surface area contributed by atoms with Crippen LogP contribution in [0.2, 0.25) is 0 Å². The molecule has 0 aliphatic rings. The molecule has 0 bridgehead atoms. The van der Waals surface area contributed by atoms with Gasteiger partial charge in [-0.1, -0.05) is 30.3 Å². The van der Waals surface area contributed by atoms with Crippen LogP contribution in [0.5, 0.6) is 0 Å². The molecule has 118 valence electrons. The lowest BCUT2D eigenvalue weighted by atomic mass is 10.1. The van der Waals surface area contributed by atoms with Crippen LogP contribution < -0.4 is 5.32 Å². The summed E-state index contributed by atoms with van der Waals surface area (Å²) in [6.07, 6.45) is 1.64. The van der Waals surface area contributed by atoms with Crippen molar-refractivity contribution in [1.82, 2.24) is 15.1 Å². The van der Waals surface area contributed by atoms with Gasteiger partial charge < -0.3 is 5.32 Å². The molecule has 0 aliphatic carbocycles. The van der Waals surface area contributed by atoms with Crippen LogP contribution in [0.1, 0.15) is 34.7 Å². The van der Waals surface area contributed by atoms with E-state index in [0.29, 0.717) is 18.0 Å². The maximum Gasteiger partial charge on any atom is 0.270 e. The molecule has 1 amide bonds. The molecule has 2 aromatic rings. The van der Waals surface area contributed by atoms with Gasteiger partial charge in [-0.15, -0.1) is 0 Å². The molecule has 1 aromatic carbocycles. The fourth-order valence-electron chi connectivity index (χ4n) is 2.34. The summed E-state index contributed by atoms with van der Waals surface area (Å²) in [4.78, 5) is 12.5. The second-order valence-electron chi connectivity index (χ2n) is 5.16.